The van der Waals surface area contributed by atoms with Gasteiger partial charge in [-0.15, -0.1) is 0 Å². The second-order valence-corrected chi connectivity index (χ2v) is 2.80. The van der Waals surface area contributed by atoms with Gasteiger partial charge >= 0.3 is 0 Å². The Balaban J connectivity index is 2.25. The molecule has 3 nitrogen and oxygen atoms in total. The summed E-state index contributed by atoms with van der Waals surface area (Å²) in [5, 5.41) is 12.0. The van der Waals surface area contributed by atoms with Gasteiger partial charge in [-0.25, -0.2) is 0 Å². The second kappa shape index (κ2) is 4.85. The number of pyridine rings is 1. The molecule has 0 saturated carbocycles. The largest absolute Gasteiger partial charge is 0.392 e. The van der Waals surface area contributed by atoms with Crippen LogP contribution in [0.5, 0.6) is 0 Å². The molecule has 0 saturated heterocycles. The fourth-order valence-corrected chi connectivity index (χ4v) is 0.912. The molecule has 12 heavy (non-hydrogen) atoms. The van der Waals surface area contributed by atoms with Gasteiger partial charge in [0.15, 0.2) is 0 Å². The molecule has 0 bridgehead atoms. The highest BCUT2D eigenvalue weighted by molar-refractivity contribution is 5.02. The lowest BCUT2D eigenvalue weighted by Crippen LogP contribution is -2.24. The Morgan fingerprint density at radius 2 is 2.42 bits per heavy atom. The van der Waals surface area contributed by atoms with Gasteiger partial charge in [-0.1, -0.05) is 6.07 Å². The van der Waals surface area contributed by atoms with Gasteiger partial charge in [0.2, 0.25) is 0 Å². The van der Waals surface area contributed by atoms with Gasteiger partial charge in [-0.05, 0) is 19.1 Å². The van der Waals surface area contributed by atoms with Gasteiger partial charge in [-0.3, -0.25) is 4.98 Å². The Morgan fingerprint density at radius 3 is 3.00 bits per heavy atom. The number of aliphatic hydroxyl groups is 1. The van der Waals surface area contributed by atoms with Crippen LogP contribution in [0, 0.1) is 0 Å². The maximum Gasteiger partial charge on any atom is 0.0636 e. The topological polar surface area (TPSA) is 45.1 Å². The van der Waals surface area contributed by atoms with Crippen molar-refractivity contribution in [3.05, 3.63) is 30.1 Å². The van der Waals surface area contributed by atoms with Crippen molar-refractivity contribution in [2.45, 2.75) is 19.6 Å². The van der Waals surface area contributed by atoms with Crippen LogP contribution < -0.4 is 5.32 Å². The van der Waals surface area contributed by atoms with Gasteiger partial charge in [0.1, 0.15) is 0 Å². The van der Waals surface area contributed by atoms with Gasteiger partial charge in [0, 0.05) is 19.3 Å². The van der Waals surface area contributed by atoms with Crippen LogP contribution in [0.25, 0.3) is 0 Å². The van der Waals surface area contributed by atoms with Gasteiger partial charge in [0.25, 0.3) is 0 Å². The zero-order chi connectivity index (χ0) is 8.81. The maximum atomic E-state index is 8.95. The van der Waals surface area contributed by atoms with Crippen LogP contribution in [-0.2, 0) is 6.54 Å². The van der Waals surface area contributed by atoms with E-state index in [1.165, 1.54) is 0 Å². The van der Waals surface area contributed by atoms with Crippen LogP contribution >= 0.6 is 0 Å². The first-order chi connectivity index (χ1) is 5.79. The summed E-state index contributed by atoms with van der Waals surface area (Å²) in [7, 11) is 0. The summed E-state index contributed by atoms with van der Waals surface area (Å²) in [6.07, 6.45) is 1.47. The molecule has 0 spiro atoms. The molecule has 0 unspecified atom stereocenters. The molecule has 66 valence electrons. The Labute approximate surface area is 72.5 Å². The van der Waals surface area contributed by atoms with Crippen LogP contribution in [0.2, 0.25) is 0 Å². The van der Waals surface area contributed by atoms with E-state index in [0.717, 1.165) is 5.69 Å². The molecule has 0 aliphatic rings. The molecular weight excluding hydrogens is 152 g/mol. The summed E-state index contributed by atoms with van der Waals surface area (Å²) in [4.78, 5) is 4.13. The molecule has 3 heteroatoms. The third kappa shape index (κ3) is 3.46. The van der Waals surface area contributed by atoms with E-state index in [-0.39, 0.29) is 6.10 Å². The Kier molecular flexibility index (Phi) is 3.70. The lowest BCUT2D eigenvalue weighted by atomic mass is 10.3. The first-order valence-electron chi connectivity index (χ1n) is 4.07. The van der Waals surface area contributed by atoms with E-state index in [9.17, 15) is 0 Å². The minimum Gasteiger partial charge on any atom is -0.392 e. The molecule has 0 amide bonds. The third-order valence-corrected chi connectivity index (χ3v) is 1.47. The summed E-state index contributed by atoms with van der Waals surface area (Å²) in [5.74, 6) is 0. The van der Waals surface area contributed by atoms with Crippen LogP contribution in [-0.4, -0.2) is 22.7 Å². The average Bonchev–Trinajstić information content (AvgIpc) is 2.05. The normalized spacial score (nSPS) is 12.8. The monoisotopic (exact) mass is 166 g/mol. The molecule has 1 aromatic rings. The molecule has 0 aliphatic carbocycles. The lowest BCUT2D eigenvalue weighted by Gasteiger charge is -2.05. The Bertz CT molecular complexity index is 211. The molecule has 0 radical (unpaired) electrons. The van der Waals surface area contributed by atoms with Crippen molar-refractivity contribution < 1.29 is 5.11 Å². The van der Waals surface area contributed by atoms with Gasteiger partial charge < -0.3 is 10.4 Å². The second-order valence-electron chi connectivity index (χ2n) is 2.80. The fraction of sp³-hybridized carbons (Fsp3) is 0.444. The number of nitrogens with zero attached hydrogens (tertiary/aromatic N) is 1. The van der Waals surface area contributed by atoms with Crippen LogP contribution in [0.1, 0.15) is 12.6 Å². The minimum atomic E-state index is -0.297. The Hall–Kier alpha value is -0.930. The predicted octanol–water partition coefficient (Wildman–Crippen LogP) is 0.552. The number of rotatable bonds is 4. The Morgan fingerprint density at radius 1 is 1.58 bits per heavy atom. The summed E-state index contributed by atoms with van der Waals surface area (Å²) in [6.45, 7) is 3.08. The standard InChI is InChI=1S/C9H14N2O/c1-8(12)6-10-7-9-4-2-3-5-11-9/h2-5,8,10,12H,6-7H2,1H3/t8-/m1/s1. The molecule has 0 aliphatic heterocycles. The van der Waals surface area contributed by atoms with Crippen molar-refractivity contribution >= 4 is 0 Å². The van der Waals surface area contributed by atoms with Crippen LogP contribution in [0.3, 0.4) is 0 Å². The molecule has 1 heterocycles. The number of aromatic nitrogens is 1. The highest BCUT2D eigenvalue weighted by atomic mass is 16.3. The van der Waals surface area contributed by atoms with E-state index in [0.29, 0.717) is 13.1 Å². The van der Waals surface area contributed by atoms with Crippen molar-refractivity contribution in [1.82, 2.24) is 10.3 Å². The summed E-state index contributed by atoms with van der Waals surface area (Å²) in [6, 6.07) is 5.79. The first kappa shape index (κ1) is 9.16. The zero-order valence-corrected chi connectivity index (χ0v) is 7.20. The number of aliphatic hydroxyl groups excluding tert-OH is 1. The van der Waals surface area contributed by atoms with Crippen LogP contribution in [0.15, 0.2) is 24.4 Å². The van der Waals surface area contributed by atoms with E-state index in [2.05, 4.69) is 10.3 Å². The number of nitrogens with one attached hydrogen (secondary N) is 1. The van der Waals surface area contributed by atoms with E-state index in [4.69, 9.17) is 5.11 Å². The highest BCUT2D eigenvalue weighted by Crippen LogP contribution is 1.91. The molecular formula is C9H14N2O. The number of hydrogen-bond donors (Lipinski definition) is 2. The maximum absolute atomic E-state index is 8.95. The summed E-state index contributed by atoms with van der Waals surface area (Å²) >= 11 is 0. The highest BCUT2D eigenvalue weighted by Gasteiger charge is 1.95. The van der Waals surface area contributed by atoms with Crippen molar-refractivity contribution in [2.24, 2.45) is 0 Å². The summed E-state index contributed by atoms with van der Waals surface area (Å²) < 4.78 is 0. The van der Waals surface area contributed by atoms with E-state index >= 15 is 0 Å². The minimum absolute atomic E-state index is 0.297. The summed E-state index contributed by atoms with van der Waals surface area (Å²) in [5.41, 5.74) is 0.998. The fourth-order valence-electron chi connectivity index (χ4n) is 0.912. The smallest absolute Gasteiger partial charge is 0.0636 e. The van der Waals surface area contributed by atoms with E-state index < -0.39 is 0 Å². The zero-order valence-electron chi connectivity index (χ0n) is 7.20. The molecule has 0 aromatic carbocycles. The van der Waals surface area contributed by atoms with E-state index in [1.54, 1.807) is 13.1 Å². The molecule has 1 atom stereocenters. The van der Waals surface area contributed by atoms with Crippen molar-refractivity contribution in [2.75, 3.05) is 6.54 Å². The van der Waals surface area contributed by atoms with E-state index in [1.807, 2.05) is 18.2 Å². The quantitative estimate of drug-likeness (QED) is 0.686. The lowest BCUT2D eigenvalue weighted by molar-refractivity contribution is 0.191. The molecule has 1 rings (SSSR count). The van der Waals surface area contributed by atoms with Crippen LogP contribution in [0.4, 0.5) is 0 Å². The van der Waals surface area contributed by atoms with Gasteiger partial charge in [0.05, 0.1) is 11.8 Å². The predicted molar refractivity (Wildman–Crippen MR) is 47.6 cm³/mol. The average molecular weight is 166 g/mol. The molecule has 2 N–H and O–H groups in total. The molecule has 0 fully saturated rings. The number of hydrogen-bond acceptors (Lipinski definition) is 3. The van der Waals surface area contributed by atoms with Crippen molar-refractivity contribution in [3.63, 3.8) is 0 Å². The van der Waals surface area contributed by atoms with Crippen molar-refractivity contribution in [1.29, 1.82) is 0 Å². The SMILES string of the molecule is C[C@@H](O)CNCc1ccccn1. The van der Waals surface area contributed by atoms with Gasteiger partial charge in [-0.2, -0.15) is 0 Å². The molecule has 1 aromatic heterocycles. The van der Waals surface area contributed by atoms with Crippen molar-refractivity contribution in [3.8, 4) is 0 Å². The first-order valence-corrected chi connectivity index (χ1v) is 4.07. The third-order valence-electron chi connectivity index (χ3n) is 1.47.